The van der Waals surface area contributed by atoms with Crippen LogP contribution < -0.4 is 10.2 Å². The molecule has 0 amide bonds. The number of nitrogens with one attached hydrogen (secondary N) is 1. The maximum absolute atomic E-state index is 14.2. The summed E-state index contributed by atoms with van der Waals surface area (Å²) in [4.78, 5) is 9.59. The zero-order chi connectivity index (χ0) is 14.6. The Bertz CT molecular complexity index is 712. The Hall–Kier alpha value is -1.34. The van der Waals surface area contributed by atoms with Crippen molar-refractivity contribution in [3.8, 4) is 0 Å². The van der Waals surface area contributed by atoms with Gasteiger partial charge >= 0.3 is 6.08 Å². The van der Waals surface area contributed by atoms with Gasteiger partial charge in [0.25, 0.3) is 0 Å². The summed E-state index contributed by atoms with van der Waals surface area (Å²) in [5, 5.41) is 4.07. The minimum absolute atomic E-state index is 0.0257. The molecule has 0 spiro atoms. The minimum atomic E-state index is -0.889. The quantitative estimate of drug-likeness (QED) is 0.799. The first-order valence-electron chi connectivity index (χ1n) is 6.94. The second kappa shape index (κ2) is 4.84. The average Bonchev–Trinajstić information content (AvgIpc) is 2.81. The summed E-state index contributed by atoms with van der Waals surface area (Å²) in [6.07, 6.45) is 1.35. The van der Waals surface area contributed by atoms with Crippen molar-refractivity contribution >= 4 is 32.7 Å². The van der Waals surface area contributed by atoms with E-state index in [0.717, 1.165) is 25.9 Å². The molecule has 7 heteroatoms. The van der Waals surface area contributed by atoms with E-state index in [4.69, 9.17) is 0 Å². The first kappa shape index (κ1) is 13.3. The van der Waals surface area contributed by atoms with Crippen molar-refractivity contribution < 1.29 is 8.78 Å². The van der Waals surface area contributed by atoms with E-state index in [9.17, 15) is 8.78 Å². The van der Waals surface area contributed by atoms with Gasteiger partial charge in [-0.15, -0.1) is 0 Å². The third-order valence-corrected chi connectivity index (χ3v) is 4.84. The lowest BCUT2D eigenvalue weighted by atomic mass is 10.2. The van der Waals surface area contributed by atoms with Crippen molar-refractivity contribution in [3.63, 3.8) is 0 Å². The normalized spacial score (nSPS) is 24.8. The van der Waals surface area contributed by atoms with Gasteiger partial charge in [0.15, 0.2) is 5.82 Å². The molecule has 4 rings (SSSR count). The fraction of sp³-hybridized carbons (Fsp3) is 0.429. The Balaban J connectivity index is 1.86. The van der Waals surface area contributed by atoms with Gasteiger partial charge in [-0.2, -0.15) is 14.4 Å². The first-order chi connectivity index (χ1) is 10.1. The molecule has 0 aliphatic carbocycles. The van der Waals surface area contributed by atoms with Gasteiger partial charge < -0.3 is 10.2 Å². The third kappa shape index (κ3) is 2.19. The van der Waals surface area contributed by atoms with Gasteiger partial charge in [-0.05, 0) is 40.9 Å². The van der Waals surface area contributed by atoms with Gasteiger partial charge in [0.05, 0.1) is 4.47 Å². The number of fused-ring (bicyclic) bond motifs is 3. The SMILES string of the molecule is Fc1nc(N2C[C@H]3CC[C@@H](C2)N3)c2ccc(Br)c(F)c2n1. The van der Waals surface area contributed by atoms with E-state index < -0.39 is 11.9 Å². The van der Waals surface area contributed by atoms with E-state index in [0.29, 0.717) is 23.3 Å². The Labute approximate surface area is 128 Å². The van der Waals surface area contributed by atoms with Crippen molar-refractivity contribution in [2.24, 2.45) is 0 Å². The van der Waals surface area contributed by atoms with Crippen LogP contribution in [0.5, 0.6) is 0 Å². The Morgan fingerprint density at radius 2 is 1.86 bits per heavy atom. The Morgan fingerprint density at radius 1 is 1.14 bits per heavy atom. The molecule has 2 fully saturated rings. The lowest BCUT2D eigenvalue weighted by Crippen LogP contribution is -2.51. The number of hydrogen-bond acceptors (Lipinski definition) is 4. The second-order valence-electron chi connectivity index (χ2n) is 5.62. The number of hydrogen-bond donors (Lipinski definition) is 1. The van der Waals surface area contributed by atoms with E-state index in [1.54, 1.807) is 12.1 Å². The van der Waals surface area contributed by atoms with Gasteiger partial charge in [0, 0.05) is 30.6 Å². The van der Waals surface area contributed by atoms with Crippen LogP contribution >= 0.6 is 15.9 Å². The topological polar surface area (TPSA) is 41.1 Å². The maximum atomic E-state index is 14.2. The van der Waals surface area contributed by atoms with Gasteiger partial charge in [0.1, 0.15) is 11.3 Å². The molecule has 0 saturated carbocycles. The van der Waals surface area contributed by atoms with E-state index in [1.807, 2.05) is 4.90 Å². The summed E-state index contributed by atoms with van der Waals surface area (Å²) >= 11 is 3.11. The van der Waals surface area contributed by atoms with E-state index in [2.05, 4.69) is 31.2 Å². The molecule has 1 aromatic heterocycles. The monoisotopic (exact) mass is 354 g/mol. The predicted molar refractivity (Wildman–Crippen MR) is 79.3 cm³/mol. The predicted octanol–water partition coefficient (Wildman–Crippen LogP) is 2.61. The molecule has 0 unspecified atom stereocenters. The van der Waals surface area contributed by atoms with Crippen molar-refractivity contribution in [2.45, 2.75) is 24.9 Å². The summed E-state index contributed by atoms with van der Waals surface area (Å²) in [5.74, 6) is -0.0598. The minimum Gasteiger partial charge on any atom is -0.353 e. The Kier molecular flexibility index (Phi) is 3.08. The number of nitrogens with zero attached hydrogens (tertiary/aromatic N) is 3. The number of halogens is 3. The van der Waals surface area contributed by atoms with Crippen molar-refractivity contribution in [3.05, 3.63) is 28.5 Å². The fourth-order valence-corrected chi connectivity index (χ4v) is 3.63. The van der Waals surface area contributed by atoms with Crippen molar-refractivity contribution in [2.75, 3.05) is 18.0 Å². The van der Waals surface area contributed by atoms with Crippen molar-refractivity contribution in [1.82, 2.24) is 15.3 Å². The van der Waals surface area contributed by atoms with Crippen LogP contribution in [0.4, 0.5) is 14.6 Å². The lowest BCUT2D eigenvalue weighted by molar-refractivity contribution is 0.460. The largest absolute Gasteiger partial charge is 0.353 e. The molecule has 2 saturated heterocycles. The molecule has 1 aromatic carbocycles. The smallest absolute Gasteiger partial charge is 0.311 e. The highest BCUT2D eigenvalue weighted by atomic mass is 79.9. The van der Waals surface area contributed by atoms with Gasteiger partial charge in [-0.3, -0.25) is 0 Å². The van der Waals surface area contributed by atoms with Crippen LogP contribution in [0.2, 0.25) is 0 Å². The van der Waals surface area contributed by atoms with E-state index >= 15 is 0 Å². The van der Waals surface area contributed by atoms with Crippen LogP contribution in [0.25, 0.3) is 10.9 Å². The molecule has 3 heterocycles. The zero-order valence-electron chi connectivity index (χ0n) is 11.1. The molecule has 110 valence electrons. The summed E-state index contributed by atoms with van der Waals surface area (Å²) in [6, 6.07) is 4.15. The molecule has 2 bridgehead atoms. The molecular weight excluding hydrogens is 342 g/mol. The molecule has 21 heavy (non-hydrogen) atoms. The van der Waals surface area contributed by atoms with E-state index in [-0.39, 0.29) is 9.99 Å². The molecule has 2 atom stereocenters. The average molecular weight is 355 g/mol. The lowest BCUT2D eigenvalue weighted by Gasteiger charge is -2.34. The molecule has 1 N–H and O–H groups in total. The molecule has 2 aliphatic heterocycles. The second-order valence-corrected chi connectivity index (χ2v) is 6.47. The number of anilines is 1. The van der Waals surface area contributed by atoms with Crippen LogP contribution in [0.1, 0.15) is 12.8 Å². The molecular formula is C14H13BrF2N4. The first-order valence-corrected chi connectivity index (χ1v) is 7.73. The maximum Gasteiger partial charge on any atom is 0.311 e. The summed E-state index contributed by atoms with van der Waals surface area (Å²) < 4.78 is 28.2. The summed E-state index contributed by atoms with van der Waals surface area (Å²) in [5.41, 5.74) is 0.0257. The van der Waals surface area contributed by atoms with Gasteiger partial charge in [-0.25, -0.2) is 4.39 Å². The van der Waals surface area contributed by atoms with E-state index in [1.165, 1.54) is 0 Å². The fourth-order valence-electron chi connectivity index (χ4n) is 3.31. The molecule has 2 aromatic rings. The number of rotatable bonds is 1. The highest BCUT2D eigenvalue weighted by Gasteiger charge is 2.33. The van der Waals surface area contributed by atoms with Crippen LogP contribution in [0.3, 0.4) is 0 Å². The zero-order valence-corrected chi connectivity index (χ0v) is 12.7. The molecule has 4 nitrogen and oxygen atoms in total. The van der Waals surface area contributed by atoms with Crippen LogP contribution in [-0.2, 0) is 0 Å². The number of piperazine rings is 1. The molecule has 2 aliphatic rings. The third-order valence-electron chi connectivity index (χ3n) is 4.23. The number of aromatic nitrogens is 2. The van der Waals surface area contributed by atoms with Crippen molar-refractivity contribution in [1.29, 1.82) is 0 Å². The van der Waals surface area contributed by atoms with Crippen LogP contribution in [-0.4, -0.2) is 35.1 Å². The van der Waals surface area contributed by atoms with Crippen LogP contribution in [0, 0.1) is 11.9 Å². The Morgan fingerprint density at radius 3 is 2.57 bits per heavy atom. The highest BCUT2D eigenvalue weighted by Crippen LogP contribution is 2.32. The number of benzene rings is 1. The van der Waals surface area contributed by atoms with Gasteiger partial charge in [0.2, 0.25) is 0 Å². The standard InChI is InChI=1S/C14H13BrF2N4/c15-10-4-3-9-12(11(10)16)19-14(17)20-13(9)21-5-7-1-2-8(6-21)18-7/h3-4,7-8,18H,1-2,5-6H2/t7-,8+. The summed E-state index contributed by atoms with van der Waals surface area (Å²) in [7, 11) is 0. The van der Waals surface area contributed by atoms with Crippen LogP contribution in [0.15, 0.2) is 16.6 Å². The summed E-state index contributed by atoms with van der Waals surface area (Å²) in [6.45, 7) is 1.53. The highest BCUT2D eigenvalue weighted by molar-refractivity contribution is 9.10. The molecule has 0 radical (unpaired) electrons. The van der Waals surface area contributed by atoms with Gasteiger partial charge in [-0.1, -0.05) is 0 Å².